The van der Waals surface area contributed by atoms with Crippen LogP contribution in [0.3, 0.4) is 0 Å². The Labute approximate surface area is 100 Å². The van der Waals surface area contributed by atoms with E-state index in [4.69, 9.17) is 10.5 Å². The molecule has 1 aliphatic rings. The Morgan fingerprint density at radius 3 is 2.75 bits per heavy atom. The van der Waals surface area contributed by atoms with Crippen LogP contribution in [0.4, 0.5) is 0 Å². The molecule has 0 spiro atoms. The molecule has 96 valence electrons. The monoisotopic (exact) mass is 228 g/mol. The number of ether oxygens (including phenoxy) is 1. The van der Waals surface area contributed by atoms with E-state index in [9.17, 15) is 0 Å². The molecule has 0 amide bonds. The third kappa shape index (κ3) is 4.40. The van der Waals surface area contributed by atoms with E-state index in [-0.39, 0.29) is 5.41 Å². The fourth-order valence-electron chi connectivity index (χ4n) is 2.42. The van der Waals surface area contributed by atoms with Gasteiger partial charge in [0.1, 0.15) is 0 Å². The zero-order valence-corrected chi connectivity index (χ0v) is 11.1. The second-order valence-electron chi connectivity index (χ2n) is 5.72. The van der Waals surface area contributed by atoms with Gasteiger partial charge in [-0.05, 0) is 32.2 Å². The van der Waals surface area contributed by atoms with E-state index < -0.39 is 0 Å². The third-order valence-corrected chi connectivity index (χ3v) is 3.50. The van der Waals surface area contributed by atoms with Crippen molar-refractivity contribution in [2.75, 3.05) is 26.3 Å². The third-order valence-electron chi connectivity index (χ3n) is 3.50. The highest BCUT2D eigenvalue weighted by Crippen LogP contribution is 2.25. The van der Waals surface area contributed by atoms with Gasteiger partial charge in [0.25, 0.3) is 0 Å². The first-order valence-corrected chi connectivity index (χ1v) is 6.60. The van der Waals surface area contributed by atoms with Gasteiger partial charge in [0.2, 0.25) is 0 Å². The standard InChI is InChI=1S/C13H28N2O/c1-4-16-10-13(2,3)9-15-12-7-5-6-11(12)8-14/h11-12,15H,4-10,14H2,1-3H3. The Hall–Kier alpha value is -0.120. The van der Waals surface area contributed by atoms with Crippen molar-refractivity contribution in [3.8, 4) is 0 Å². The number of hydrogen-bond acceptors (Lipinski definition) is 3. The molecule has 0 aromatic rings. The minimum Gasteiger partial charge on any atom is -0.381 e. The molecule has 1 rings (SSSR count). The first-order valence-electron chi connectivity index (χ1n) is 6.60. The summed E-state index contributed by atoms with van der Waals surface area (Å²) in [7, 11) is 0. The average Bonchev–Trinajstić information content (AvgIpc) is 2.71. The van der Waals surface area contributed by atoms with Crippen molar-refractivity contribution in [1.29, 1.82) is 0 Å². The van der Waals surface area contributed by atoms with E-state index in [1.807, 2.05) is 6.92 Å². The lowest BCUT2D eigenvalue weighted by Crippen LogP contribution is -2.42. The van der Waals surface area contributed by atoms with Crippen molar-refractivity contribution in [2.45, 2.75) is 46.1 Å². The summed E-state index contributed by atoms with van der Waals surface area (Å²) in [6.07, 6.45) is 3.90. The molecule has 16 heavy (non-hydrogen) atoms. The van der Waals surface area contributed by atoms with Gasteiger partial charge in [0.05, 0.1) is 6.61 Å². The molecule has 2 atom stereocenters. The molecular weight excluding hydrogens is 200 g/mol. The molecule has 0 heterocycles. The van der Waals surface area contributed by atoms with Crippen molar-refractivity contribution in [3.63, 3.8) is 0 Å². The van der Waals surface area contributed by atoms with Crippen LogP contribution in [-0.4, -0.2) is 32.3 Å². The molecule has 0 aliphatic heterocycles. The summed E-state index contributed by atoms with van der Waals surface area (Å²) in [5, 5.41) is 3.67. The highest BCUT2D eigenvalue weighted by atomic mass is 16.5. The molecule has 1 saturated carbocycles. The topological polar surface area (TPSA) is 47.3 Å². The summed E-state index contributed by atoms with van der Waals surface area (Å²) in [5.74, 6) is 0.683. The van der Waals surface area contributed by atoms with Crippen LogP contribution in [0.15, 0.2) is 0 Å². The molecule has 1 aliphatic carbocycles. The van der Waals surface area contributed by atoms with E-state index in [1.165, 1.54) is 19.3 Å². The molecular formula is C13H28N2O. The van der Waals surface area contributed by atoms with Gasteiger partial charge in [0, 0.05) is 24.6 Å². The normalized spacial score (nSPS) is 26.2. The van der Waals surface area contributed by atoms with Gasteiger partial charge < -0.3 is 15.8 Å². The van der Waals surface area contributed by atoms with Crippen LogP contribution in [0, 0.1) is 11.3 Å². The second-order valence-corrected chi connectivity index (χ2v) is 5.72. The molecule has 1 fully saturated rings. The minimum atomic E-state index is 0.220. The Balaban J connectivity index is 2.27. The maximum atomic E-state index is 5.78. The number of nitrogens with two attached hydrogens (primary N) is 1. The first kappa shape index (κ1) is 13.9. The second kappa shape index (κ2) is 6.58. The molecule has 0 bridgehead atoms. The van der Waals surface area contributed by atoms with E-state index >= 15 is 0 Å². The smallest absolute Gasteiger partial charge is 0.0529 e. The van der Waals surface area contributed by atoms with Crippen LogP contribution in [-0.2, 0) is 4.74 Å². The van der Waals surface area contributed by atoms with Crippen LogP contribution in [0.1, 0.15) is 40.0 Å². The molecule has 0 aromatic carbocycles. The summed E-state index contributed by atoms with van der Waals surface area (Å²) >= 11 is 0. The zero-order chi connectivity index (χ0) is 12.0. The van der Waals surface area contributed by atoms with Gasteiger partial charge in [0.15, 0.2) is 0 Å². The van der Waals surface area contributed by atoms with Crippen LogP contribution in [0.5, 0.6) is 0 Å². The SMILES string of the molecule is CCOCC(C)(C)CNC1CCCC1CN. The van der Waals surface area contributed by atoms with Gasteiger partial charge in [-0.25, -0.2) is 0 Å². The summed E-state index contributed by atoms with van der Waals surface area (Å²) in [6, 6.07) is 0.630. The average molecular weight is 228 g/mol. The van der Waals surface area contributed by atoms with Crippen molar-refractivity contribution in [1.82, 2.24) is 5.32 Å². The molecule has 3 nitrogen and oxygen atoms in total. The zero-order valence-electron chi connectivity index (χ0n) is 11.1. The summed E-state index contributed by atoms with van der Waals surface area (Å²) in [5.41, 5.74) is 6.00. The van der Waals surface area contributed by atoms with E-state index in [2.05, 4.69) is 19.2 Å². The van der Waals surface area contributed by atoms with E-state index in [0.717, 1.165) is 26.3 Å². The van der Waals surface area contributed by atoms with Crippen molar-refractivity contribution >= 4 is 0 Å². The van der Waals surface area contributed by atoms with Crippen LogP contribution < -0.4 is 11.1 Å². The number of nitrogens with one attached hydrogen (secondary N) is 1. The highest BCUT2D eigenvalue weighted by molar-refractivity contribution is 4.85. The van der Waals surface area contributed by atoms with E-state index in [1.54, 1.807) is 0 Å². The Kier molecular flexibility index (Phi) is 5.73. The summed E-state index contributed by atoms with van der Waals surface area (Å²) in [6.45, 7) is 10.0. The molecule has 3 heteroatoms. The van der Waals surface area contributed by atoms with Gasteiger partial charge in [-0.1, -0.05) is 20.3 Å². The number of hydrogen-bond donors (Lipinski definition) is 2. The lowest BCUT2D eigenvalue weighted by Gasteiger charge is -2.28. The maximum Gasteiger partial charge on any atom is 0.0529 e. The van der Waals surface area contributed by atoms with Crippen molar-refractivity contribution in [3.05, 3.63) is 0 Å². The van der Waals surface area contributed by atoms with Crippen molar-refractivity contribution < 1.29 is 4.74 Å². The molecule has 3 N–H and O–H groups in total. The molecule has 2 unspecified atom stereocenters. The largest absolute Gasteiger partial charge is 0.381 e. The molecule has 0 saturated heterocycles. The highest BCUT2D eigenvalue weighted by Gasteiger charge is 2.27. The fourth-order valence-corrected chi connectivity index (χ4v) is 2.42. The van der Waals surface area contributed by atoms with Crippen LogP contribution in [0.2, 0.25) is 0 Å². The van der Waals surface area contributed by atoms with E-state index in [0.29, 0.717) is 12.0 Å². The lowest BCUT2D eigenvalue weighted by molar-refractivity contribution is 0.0682. The predicted molar refractivity (Wildman–Crippen MR) is 68.5 cm³/mol. The Morgan fingerprint density at radius 1 is 1.38 bits per heavy atom. The summed E-state index contributed by atoms with van der Waals surface area (Å²) in [4.78, 5) is 0. The predicted octanol–water partition coefficient (Wildman–Crippen LogP) is 1.77. The Bertz CT molecular complexity index is 194. The quantitative estimate of drug-likeness (QED) is 0.698. The molecule has 0 aromatic heterocycles. The summed E-state index contributed by atoms with van der Waals surface area (Å²) < 4.78 is 5.50. The molecule has 0 radical (unpaired) electrons. The fraction of sp³-hybridized carbons (Fsp3) is 1.00. The van der Waals surface area contributed by atoms with Gasteiger partial charge in [-0.15, -0.1) is 0 Å². The lowest BCUT2D eigenvalue weighted by atomic mass is 9.93. The minimum absolute atomic E-state index is 0.220. The number of rotatable bonds is 7. The van der Waals surface area contributed by atoms with Gasteiger partial charge >= 0.3 is 0 Å². The van der Waals surface area contributed by atoms with Crippen LogP contribution in [0.25, 0.3) is 0 Å². The maximum absolute atomic E-state index is 5.78. The van der Waals surface area contributed by atoms with Crippen LogP contribution >= 0.6 is 0 Å². The first-order chi connectivity index (χ1) is 7.59. The van der Waals surface area contributed by atoms with Gasteiger partial charge in [-0.3, -0.25) is 0 Å². The Morgan fingerprint density at radius 2 is 2.12 bits per heavy atom. The van der Waals surface area contributed by atoms with Gasteiger partial charge in [-0.2, -0.15) is 0 Å². The van der Waals surface area contributed by atoms with Crippen molar-refractivity contribution in [2.24, 2.45) is 17.1 Å².